The lowest BCUT2D eigenvalue weighted by atomic mass is 9.33. The number of morpholine rings is 1. The van der Waals surface area contributed by atoms with Crippen molar-refractivity contribution in [3.05, 3.63) is 106 Å². The Morgan fingerprint density at radius 2 is 1.63 bits per heavy atom. The molecule has 4 N–H and O–H groups in total. The number of nitrogens with one attached hydrogen (secondary N) is 3. The van der Waals surface area contributed by atoms with Crippen LogP contribution in [-0.2, 0) is 19.5 Å². The van der Waals surface area contributed by atoms with Gasteiger partial charge in [0.25, 0.3) is 21.6 Å². The second-order valence-electron chi connectivity index (χ2n) is 24.1. The van der Waals surface area contributed by atoms with E-state index >= 15 is 0 Å². The van der Waals surface area contributed by atoms with Gasteiger partial charge in [0.05, 0.1) is 58.6 Å². The number of carbonyl (C=O) groups is 1. The summed E-state index contributed by atoms with van der Waals surface area (Å²) in [5.41, 5.74) is 4.54. The molecule has 5 fully saturated rings. The molecule has 11 rings (SSSR count). The third-order valence-electron chi connectivity index (χ3n) is 18.9. The molecule has 18 heteroatoms. The maximum atomic E-state index is 14.9. The number of benzene rings is 3. The molecule has 3 atom stereocenters. The number of hydrogen-bond acceptors (Lipinski definition) is 14. The highest BCUT2D eigenvalue weighted by molar-refractivity contribution is 7.90. The number of ether oxygens (including phenoxy) is 3. The lowest BCUT2D eigenvalue weighted by molar-refractivity contribution is -0.384. The van der Waals surface area contributed by atoms with Gasteiger partial charge < -0.3 is 39.4 Å². The summed E-state index contributed by atoms with van der Waals surface area (Å²) in [6, 6.07) is 22.2. The predicted octanol–water partition coefficient (Wildman–Crippen LogP) is 9.85. The van der Waals surface area contributed by atoms with E-state index in [1.807, 2.05) is 37.4 Å². The van der Waals surface area contributed by atoms with Crippen LogP contribution in [0.2, 0.25) is 0 Å². The molecule has 0 radical (unpaired) electrons. The van der Waals surface area contributed by atoms with E-state index in [4.69, 9.17) is 19.2 Å². The van der Waals surface area contributed by atoms with Crippen molar-refractivity contribution in [1.82, 2.24) is 19.6 Å². The van der Waals surface area contributed by atoms with Gasteiger partial charge >= 0.3 is 0 Å². The first-order chi connectivity index (χ1) is 36.2. The Hall–Kier alpha value is -5.79. The fourth-order valence-corrected chi connectivity index (χ4v) is 16.0. The fourth-order valence-electron chi connectivity index (χ4n) is 15.0. The minimum atomic E-state index is -4.64. The smallest absolute Gasteiger partial charge is 0.293 e. The molecule has 1 amide bonds. The molecule has 2 aromatic heterocycles. The molecule has 4 aliphatic heterocycles. The number of H-pyrrole nitrogens is 1. The zero-order valence-electron chi connectivity index (χ0n) is 44.9. The Labute approximate surface area is 446 Å². The van der Waals surface area contributed by atoms with E-state index in [1.165, 1.54) is 23.3 Å². The molecule has 6 aliphatic rings. The summed E-state index contributed by atoms with van der Waals surface area (Å²) >= 11 is 0. The molecule has 76 heavy (non-hydrogen) atoms. The van der Waals surface area contributed by atoms with Crippen molar-refractivity contribution in [3.63, 3.8) is 0 Å². The number of nitro groups is 1. The van der Waals surface area contributed by atoms with E-state index in [9.17, 15) is 28.4 Å². The monoisotopic (exact) mass is 1060 g/mol. The van der Waals surface area contributed by atoms with Crippen LogP contribution in [0.5, 0.6) is 5.88 Å². The van der Waals surface area contributed by atoms with Gasteiger partial charge in [0.2, 0.25) is 5.88 Å². The van der Waals surface area contributed by atoms with Crippen LogP contribution in [0.4, 0.5) is 28.4 Å². The number of aromatic nitrogens is 2. The third kappa shape index (κ3) is 8.98. The van der Waals surface area contributed by atoms with Crippen LogP contribution in [0, 0.1) is 32.3 Å². The topological polar surface area (TPSA) is 205 Å². The number of pyridine rings is 1. The van der Waals surface area contributed by atoms with Gasteiger partial charge in [-0.05, 0) is 134 Å². The molecule has 3 aromatic carbocycles. The Kier molecular flexibility index (Phi) is 13.5. The lowest BCUT2D eigenvalue weighted by Gasteiger charge is -2.77. The maximum absolute atomic E-state index is 14.9. The zero-order chi connectivity index (χ0) is 53.5. The number of aromatic amines is 1. The Morgan fingerprint density at radius 3 is 2.37 bits per heavy atom. The molecular weight excluding hydrogens is 985 g/mol. The van der Waals surface area contributed by atoms with Gasteiger partial charge in [-0.3, -0.25) is 19.8 Å². The van der Waals surface area contributed by atoms with Gasteiger partial charge in [-0.25, -0.2) is 13.1 Å². The van der Waals surface area contributed by atoms with Crippen molar-refractivity contribution in [2.24, 2.45) is 22.2 Å². The number of nitrogens with zero attached hydrogens (tertiary/aromatic N) is 5. The SMILES string of the molecule is CC(C)c1ccccc1[C@@H]1COCCN1C1C(C)(C)C2(CCN(c3ccc(C(=O)NS(=O)(=O)c4ccc(NC[C@H]5CC[C@](C)(O)CC5)c([N+](=O)[O-])c4)c(N4c5cc6cc[nH]c6nc5O[C@H]5COCC[C@@H]54)c3)CC2)C1(C)C. The zero-order valence-corrected chi connectivity index (χ0v) is 45.8. The normalized spacial score (nSPS) is 26.3. The highest BCUT2D eigenvalue weighted by Gasteiger charge is 2.73. The van der Waals surface area contributed by atoms with Gasteiger partial charge in [-0.2, -0.15) is 4.98 Å². The van der Waals surface area contributed by atoms with Crippen molar-refractivity contribution in [3.8, 4) is 5.88 Å². The third-order valence-corrected chi connectivity index (χ3v) is 20.2. The Morgan fingerprint density at radius 1 is 0.895 bits per heavy atom. The van der Waals surface area contributed by atoms with E-state index in [0.717, 1.165) is 62.5 Å². The van der Waals surface area contributed by atoms with Crippen molar-refractivity contribution in [1.29, 1.82) is 0 Å². The van der Waals surface area contributed by atoms with Crippen LogP contribution in [0.1, 0.15) is 127 Å². The Bertz CT molecular complexity index is 3120. The van der Waals surface area contributed by atoms with Gasteiger partial charge in [0.15, 0.2) is 0 Å². The Balaban J connectivity index is 0.900. The molecule has 406 valence electrons. The summed E-state index contributed by atoms with van der Waals surface area (Å²) in [6.45, 7) is 21.3. The summed E-state index contributed by atoms with van der Waals surface area (Å²) in [7, 11) is -4.64. The van der Waals surface area contributed by atoms with Crippen LogP contribution >= 0.6 is 0 Å². The van der Waals surface area contributed by atoms with Crippen LogP contribution in [-0.4, -0.2) is 116 Å². The minimum absolute atomic E-state index is 0.0219. The van der Waals surface area contributed by atoms with E-state index < -0.39 is 43.1 Å². The van der Waals surface area contributed by atoms with Crippen molar-refractivity contribution >= 4 is 55.4 Å². The second kappa shape index (κ2) is 19.6. The van der Waals surface area contributed by atoms with E-state index in [1.54, 1.807) is 6.07 Å². The molecule has 1 spiro atoms. The van der Waals surface area contributed by atoms with E-state index in [0.29, 0.717) is 87.1 Å². The summed E-state index contributed by atoms with van der Waals surface area (Å²) < 4.78 is 49.6. The molecule has 0 bridgehead atoms. The molecule has 5 aromatic rings. The van der Waals surface area contributed by atoms with Crippen molar-refractivity contribution < 1.29 is 37.5 Å². The summed E-state index contributed by atoms with van der Waals surface area (Å²) in [4.78, 5) is 41.6. The number of piperidine rings is 1. The minimum Gasteiger partial charge on any atom is -0.468 e. The lowest BCUT2D eigenvalue weighted by Crippen LogP contribution is -2.78. The standard InChI is InChI=1S/C58H74N8O9S/c1-36(2)41-10-8-9-11-42(41)49-34-74-29-27-64(49)54-55(3,4)58(56(54,5)6)22-25-63(26-23-58)39-12-14-43(46(31-39)65-45-19-28-73-35-50(45)75-53-48(65)30-38-18-24-59-51(38)61-53)52(67)62-76(71,72)40-13-15-44(47(32-40)66(69)70)60-33-37-16-20-57(7,68)21-17-37/h8-15,18,24,30-32,36-37,45,49-50,54,60,68H,16-17,19-23,25-29,33-35H2,1-7H3,(H,59,61)(H,62,67)/t37-,45-,49-,50-,57-/m0/s1. The number of amides is 1. The molecule has 6 heterocycles. The number of carbonyl (C=O) groups excluding carboxylic acids is 1. The van der Waals surface area contributed by atoms with Crippen LogP contribution < -0.4 is 24.6 Å². The molecule has 2 aliphatic carbocycles. The summed E-state index contributed by atoms with van der Waals surface area (Å²) in [5.74, 6) is 0.0679. The van der Waals surface area contributed by atoms with E-state index in [2.05, 4.69) is 95.5 Å². The van der Waals surface area contributed by atoms with Crippen molar-refractivity contribution in [2.45, 2.75) is 134 Å². The largest absolute Gasteiger partial charge is 0.468 e. The first kappa shape index (κ1) is 52.3. The summed E-state index contributed by atoms with van der Waals surface area (Å²) in [6.07, 6.45) is 6.63. The average molecular weight is 1060 g/mol. The molecule has 2 saturated carbocycles. The fraction of sp³-hybridized carbons (Fsp3) is 0.552. The van der Waals surface area contributed by atoms with Gasteiger partial charge in [0, 0.05) is 62.2 Å². The highest BCUT2D eigenvalue weighted by Crippen LogP contribution is 2.74. The van der Waals surface area contributed by atoms with Crippen LogP contribution in [0.15, 0.2) is 83.9 Å². The van der Waals surface area contributed by atoms with Crippen molar-refractivity contribution in [2.75, 3.05) is 67.7 Å². The number of nitro benzene ring substituents is 1. The first-order valence-corrected chi connectivity index (χ1v) is 28.8. The second-order valence-corrected chi connectivity index (χ2v) is 25.8. The molecule has 17 nitrogen and oxygen atoms in total. The number of sulfonamides is 1. The first-order valence-electron chi connectivity index (χ1n) is 27.3. The number of aliphatic hydroxyl groups is 1. The number of fused-ring (bicyclic) bond motifs is 3. The molecule has 3 saturated heterocycles. The number of rotatable bonds is 12. The van der Waals surface area contributed by atoms with Gasteiger partial charge in [-0.15, -0.1) is 0 Å². The number of hydrogen-bond donors (Lipinski definition) is 4. The molecule has 0 unspecified atom stereocenters. The maximum Gasteiger partial charge on any atom is 0.293 e. The quantitative estimate of drug-likeness (QED) is 0.0679. The van der Waals surface area contributed by atoms with E-state index in [-0.39, 0.29) is 45.5 Å². The molecular formula is C58H74N8O9S. The van der Waals surface area contributed by atoms with Gasteiger partial charge in [-0.1, -0.05) is 65.8 Å². The number of anilines is 4. The van der Waals surface area contributed by atoms with Crippen LogP contribution in [0.25, 0.3) is 11.0 Å². The summed E-state index contributed by atoms with van der Waals surface area (Å²) in [5, 5.41) is 26.9. The average Bonchev–Trinajstić information content (AvgIpc) is 3.94. The highest BCUT2D eigenvalue weighted by atomic mass is 32.2. The van der Waals surface area contributed by atoms with Crippen LogP contribution in [0.3, 0.4) is 0 Å². The van der Waals surface area contributed by atoms with Gasteiger partial charge in [0.1, 0.15) is 23.1 Å². The predicted molar refractivity (Wildman–Crippen MR) is 293 cm³/mol.